The van der Waals surface area contributed by atoms with Gasteiger partial charge in [-0.15, -0.1) is 0 Å². The fraction of sp³-hybridized carbons (Fsp3) is 0.778. The molecule has 0 saturated carbocycles. The lowest BCUT2D eigenvalue weighted by Crippen LogP contribution is -2.43. The highest BCUT2D eigenvalue weighted by Crippen LogP contribution is 2.21. The largest absolute Gasteiger partial charge is 0.500 e. The van der Waals surface area contributed by atoms with E-state index < -0.39 is 20.7 Å². The number of nitrogens with zero attached hydrogens (tertiary/aromatic N) is 1. The molecule has 0 aliphatic carbocycles. The average molecular weight is 406 g/mol. The molecular weight excluding hydrogens is 370 g/mol. The summed E-state index contributed by atoms with van der Waals surface area (Å²) in [6, 6.07) is 0.517. The zero-order valence-electron chi connectivity index (χ0n) is 17.2. The Bertz CT molecular complexity index is 484. The maximum atomic E-state index is 11.9. The van der Waals surface area contributed by atoms with E-state index in [0.29, 0.717) is 32.0 Å². The van der Waals surface area contributed by atoms with Crippen molar-refractivity contribution < 1.29 is 33.1 Å². The van der Waals surface area contributed by atoms with Gasteiger partial charge in [0.1, 0.15) is 5.70 Å². The van der Waals surface area contributed by atoms with Crippen LogP contribution in [0.4, 0.5) is 0 Å². The van der Waals surface area contributed by atoms with Gasteiger partial charge in [0.15, 0.2) is 0 Å². The Morgan fingerprint density at radius 3 is 1.78 bits per heavy atom. The number of hydrogen-bond acceptors (Lipinski definition) is 6. The van der Waals surface area contributed by atoms with Gasteiger partial charge in [-0.2, -0.15) is 0 Å². The maximum absolute atomic E-state index is 11.9. The normalized spacial score (nSPS) is 12.6. The van der Waals surface area contributed by atoms with Crippen LogP contribution in [0.5, 0.6) is 0 Å². The molecule has 0 heterocycles. The molecule has 9 heteroatoms. The lowest BCUT2D eigenvalue weighted by molar-refractivity contribution is -0.137. The van der Waals surface area contributed by atoms with Crippen molar-refractivity contribution in [1.29, 1.82) is 0 Å². The molecule has 0 saturated heterocycles. The monoisotopic (exact) mass is 405 g/mol. The van der Waals surface area contributed by atoms with E-state index in [0.717, 1.165) is 19.3 Å². The highest BCUT2D eigenvalue weighted by atomic mass is 28.4. The third-order valence-corrected chi connectivity index (χ3v) is 7.30. The summed E-state index contributed by atoms with van der Waals surface area (Å²) in [6.07, 6.45) is 3.90. The molecule has 0 aliphatic heterocycles. The van der Waals surface area contributed by atoms with Crippen LogP contribution in [0.3, 0.4) is 0 Å². The standard InChI is InChI=1S/C18H35NO7Si/c1-6-8-11-15(17(20)21)16(18(22)23)19(12-9-7-2)13-10-14-27(24-3,25-4)26-5/h6-14H2,1-5H3,(H,20,21)(H,22,23)/b16-15-. The summed E-state index contributed by atoms with van der Waals surface area (Å²) in [4.78, 5) is 25.3. The predicted octanol–water partition coefficient (Wildman–Crippen LogP) is 2.97. The average Bonchev–Trinajstić information content (AvgIpc) is 2.65. The number of rotatable bonds is 16. The lowest BCUT2D eigenvalue weighted by Gasteiger charge is -2.29. The van der Waals surface area contributed by atoms with Crippen LogP contribution in [0.15, 0.2) is 11.3 Å². The highest BCUT2D eigenvalue weighted by molar-refractivity contribution is 6.60. The zero-order valence-corrected chi connectivity index (χ0v) is 18.2. The number of aliphatic carboxylic acids is 2. The molecule has 0 aliphatic rings. The van der Waals surface area contributed by atoms with Gasteiger partial charge in [-0.1, -0.05) is 26.7 Å². The molecule has 27 heavy (non-hydrogen) atoms. The van der Waals surface area contributed by atoms with E-state index in [-0.39, 0.29) is 17.7 Å². The molecule has 0 amide bonds. The molecule has 0 bridgehead atoms. The van der Waals surface area contributed by atoms with Gasteiger partial charge in [-0.3, -0.25) is 0 Å². The van der Waals surface area contributed by atoms with Crippen LogP contribution in [-0.2, 0) is 22.9 Å². The molecule has 0 atom stereocenters. The fourth-order valence-electron chi connectivity index (χ4n) is 2.86. The van der Waals surface area contributed by atoms with Gasteiger partial charge < -0.3 is 28.4 Å². The number of unbranched alkanes of at least 4 members (excludes halogenated alkanes) is 2. The van der Waals surface area contributed by atoms with Crippen molar-refractivity contribution in [1.82, 2.24) is 4.90 Å². The summed E-state index contributed by atoms with van der Waals surface area (Å²) in [5, 5.41) is 19.3. The van der Waals surface area contributed by atoms with E-state index >= 15 is 0 Å². The van der Waals surface area contributed by atoms with Crippen LogP contribution in [0.1, 0.15) is 52.4 Å². The van der Waals surface area contributed by atoms with Crippen LogP contribution in [0, 0.1) is 0 Å². The first kappa shape index (κ1) is 25.6. The Labute approximate surface area is 163 Å². The fourth-order valence-corrected chi connectivity index (χ4v) is 4.57. The molecule has 2 N–H and O–H groups in total. The number of carboxylic acids is 2. The Morgan fingerprint density at radius 2 is 1.37 bits per heavy atom. The molecule has 0 aromatic rings. The van der Waals surface area contributed by atoms with Crippen LogP contribution in [0.25, 0.3) is 0 Å². The Morgan fingerprint density at radius 1 is 0.852 bits per heavy atom. The van der Waals surface area contributed by atoms with Crippen molar-refractivity contribution >= 4 is 20.7 Å². The van der Waals surface area contributed by atoms with Gasteiger partial charge in [-0.05, 0) is 25.7 Å². The third kappa shape index (κ3) is 8.42. The Hall–Kier alpha value is -1.42. The summed E-state index contributed by atoms with van der Waals surface area (Å²) in [7, 11) is 1.84. The molecule has 0 unspecified atom stereocenters. The minimum atomic E-state index is -2.75. The van der Waals surface area contributed by atoms with E-state index in [1.54, 1.807) is 4.90 Å². The van der Waals surface area contributed by atoms with Crippen molar-refractivity contribution in [2.75, 3.05) is 34.4 Å². The summed E-state index contributed by atoms with van der Waals surface area (Å²) in [6.45, 7) is 4.84. The number of hydrogen-bond donors (Lipinski definition) is 2. The van der Waals surface area contributed by atoms with Crippen molar-refractivity contribution in [2.24, 2.45) is 0 Å². The molecule has 0 fully saturated rings. The molecule has 0 aromatic heterocycles. The molecule has 8 nitrogen and oxygen atoms in total. The van der Waals surface area contributed by atoms with Crippen molar-refractivity contribution in [3.8, 4) is 0 Å². The van der Waals surface area contributed by atoms with Gasteiger partial charge in [0.05, 0.1) is 5.57 Å². The number of carboxylic acid groups (broad SMARTS) is 2. The maximum Gasteiger partial charge on any atom is 0.500 e. The van der Waals surface area contributed by atoms with Gasteiger partial charge in [0, 0.05) is 40.5 Å². The van der Waals surface area contributed by atoms with Gasteiger partial charge in [0.25, 0.3) is 0 Å². The summed E-state index contributed by atoms with van der Waals surface area (Å²) in [5.41, 5.74) is -0.141. The molecule has 0 aromatic carbocycles. The van der Waals surface area contributed by atoms with E-state index in [2.05, 4.69) is 0 Å². The van der Waals surface area contributed by atoms with Crippen LogP contribution < -0.4 is 0 Å². The smallest absolute Gasteiger partial charge is 0.478 e. The Kier molecular flexibility index (Phi) is 13.0. The van der Waals surface area contributed by atoms with E-state index in [1.165, 1.54) is 21.3 Å². The van der Waals surface area contributed by atoms with Gasteiger partial charge >= 0.3 is 20.7 Å². The number of carbonyl (C=O) groups is 2. The first-order chi connectivity index (χ1) is 12.8. The first-order valence-corrected chi connectivity index (χ1v) is 11.4. The van der Waals surface area contributed by atoms with Gasteiger partial charge in [0.2, 0.25) is 0 Å². The summed E-state index contributed by atoms with van der Waals surface area (Å²) < 4.78 is 16.2. The van der Waals surface area contributed by atoms with Gasteiger partial charge in [-0.25, -0.2) is 9.59 Å². The third-order valence-electron chi connectivity index (χ3n) is 4.47. The highest BCUT2D eigenvalue weighted by Gasteiger charge is 2.37. The minimum absolute atomic E-state index is 0.0332. The second-order valence-corrected chi connectivity index (χ2v) is 9.37. The quantitative estimate of drug-likeness (QED) is 0.298. The molecular formula is C18H35NO7Si. The first-order valence-electron chi connectivity index (χ1n) is 9.42. The summed E-state index contributed by atoms with van der Waals surface area (Å²) >= 11 is 0. The van der Waals surface area contributed by atoms with E-state index in [9.17, 15) is 19.8 Å². The van der Waals surface area contributed by atoms with E-state index in [4.69, 9.17) is 13.3 Å². The zero-order chi connectivity index (χ0) is 20.9. The lowest BCUT2D eigenvalue weighted by atomic mass is 10.0. The Balaban J connectivity index is 5.57. The predicted molar refractivity (Wildman–Crippen MR) is 105 cm³/mol. The molecule has 0 rings (SSSR count). The van der Waals surface area contributed by atoms with Crippen molar-refractivity contribution in [3.63, 3.8) is 0 Å². The van der Waals surface area contributed by atoms with E-state index in [1.807, 2.05) is 13.8 Å². The van der Waals surface area contributed by atoms with Crippen molar-refractivity contribution in [3.05, 3.63) is 11.3 Å². The second-order valence-electron chi connectivity index (χ2n) is 6.28. The molecule has 0 spiro atoms. The molecule has 158 valence electrons. The van der Waals surface area contributed by atoms with Crippen molar-refractivity contribution in [2.45, 2.75) is 58.4 Å². The minimum Gasteiger partial charge on any atom is -0.478 e. The van der Waals surface area contributed by atoms with Crippen LogP contribution >= 0.6 is 0 Å². The van der Waals surface area contributed by atoms with Crippen LogP contribution in [0.2, 0.25) is 6.04 Å². The topological polar surface area (TPSA) is 106 Å². The summed E-state index contributed by atoms with van der Waals surface area (Å²) in [5.74, 6) is -2.37. The van der Waals surface area contributed by atoms with Crippen LogP contribution in [-0.4, -0.2) is 70.3 Å². The second kappa shape index (κ2) is 13.7. The SMILES string of the molecule is CCCC/C(C(=O)O)=C(\C(=O)O)N(CCCC)CCC[Si](OC)(OC)OC. The molecule has 0 radical (unpaired) electrons.